The second kappa shape index (κ2) is 12.2. The van der Waals surface area contributed by atoms with Crippen molar-refractivity contribution < 1.29 is 14.3 Å². The number of aliphatic imine (C=N–C) groups is 1. The van der Waals surface area contributed by atoms with E-state index in [2.05, 4.69) is 34.4 Å². The molecule has 8 heteroatoms. The Hall–Kier alpha value is -1.38. The molecule has 0 spiro atoms. The van der Waals surface area contributed by atoms with Crippen LogP contribution >= 0.6 is 0 Å². The van der Waals surface area contributed by atoms with Gasteiger partial charge in [-0.15, -0.1) is 0 Å². The van der Waals surface area contributed by atoms with Gasteiger partial charge in [0.25, 0.3) is 0 Å². The van der Waals surface area contributed by atoms with Crippen LogP contribution in [0, 0.1) is 5.92 Å². The van der Waals surface area contributed by atoms with E-state index in [0.29, 0.717) is 24.5 Å². The van der Waals surface area contributed by atoms with E-state index in [1.165, 1.54) is 6.42 Å². The van der Waals surface area contributed by atoms with Crippen LogP contribution in [0.15, 0.2) is 4.99 Å². The molecular weight excluding hydrogens is 358 g/mol. The highest BCUT2D eigenvalue weighted by Gasteiger charge is 2.24. The van der Waals surface area contributed by atoms with E-state index < -0.39 is 0 Å². The molecule has 2 aliphatic heterocycles. The number of hydrogen-bond acceptors (Lipinski definition) is 5. The fourth-order valence-electron chi connectivity index (χ4n) is 3.54. The van der Waals surface area contributed by atoms with Crippen LogP contribution in [0.1, 0.15) is 33.1 Å². The van der Waals surface area contributed by atoms with Gasteiger partial charge in [0.1, 0.15) is 6.54 Å². The highest BCUT2D eigenvalue weighted by molar-refractivity contribution is 5.84. The summed E-state index contributed by atoms with van der Waals surface area (Å²) in [6.07, 6.45) is 3.63. The number of amides is 1. The van der Waals surface area contributed by atoms with E-state index in [4.69, 9.17) is 9.47 Å². The maximum absolute atomic E-state index is 12.0. The number of carbonyl (C=O) groups is 1. The molecule has 0 saturated carbocycles. The molecule has 0 bridgehead atoms. The van der Waals surface area contributed by atoms with Crippen molar-refractivity contribution in [2.75, 3.05) is 66.6 Å². The summed E-state index contributed by atoms with van der Waals surface area (Å²) in [6, 6.07) is 0.395. The summed E-state index contributed by atoms with van der Waals surface area (Å²) in [5.41, 5.74) is 0. The molecule has 2 saturated heterocycles. The standard InChI is InChI=1S/C20H39N5O3/c1-16(2)18(25-8-11-27-12-9-25)14-22-20(23-15-19(26)24(3)4)21-13-17-7-5-6-10-28-17/h16-18H,5-15H2,1-4H3,(H2,21,22,23). The van der Waals surface area contributed by atoms with Gasteiger partial charge in [0, 0.05) is 52.9 Å². The molecule has 0 aromatic rings. The lowest BCUT2D eigenvalue weighted by Gasteiger charge is -2.37. The summed E-state index contributed by atoms with van der Waals surface area (Å²) in [6.45, 7) is 10.5. The van der Waals surface area contributed by atoms with Crippen molar-refractivity contribution in [2.24, 2.45) is 10.9 Å². The van der Waals surface area contributed by atoms with Gasteiger partial charge in [-0.2, -0.15) is 0 Å². The number of likely N-dealkylation sites (N-methyl/N-ethyl adjacent to an activating group) is 1. The molecule has 0 radical (unpaired) electrons. The van der Waals surface area contributed by atoms with Crippen LogP contribution in [0.25, 0.3) is 0 Å². The normalized spacial score (nSPS) is 22.8. The van der Waals surface area contributed by atoms with Gasteiger partial charge >= 0.3 is 0 Å². The lowest BCUT2D eigenvalue weighted by molar-refractivity contribution is -0.127. The first-order valence-electron chi connectivity index (χ1n) is 10.6. The van der Waals surface area contributed by atoms with Crippen LogP contribution in [-0.2, 0) is 14.3 Å². The van der Waals surface area contributed by atoms with E-state index in [9.17, 15) is 4.79 Å². The number of carbonyl (C=O) groups excluding carboxylic acids is 1. The summed E-state index contributed by atoms with van der Waals surface area (Å²) in [5.74, 6) is 1.18. The molecule has 2 atom stereocenters. The predicted octanol–water partition coefficient (Wildman–Crippen LogP) is 0.536. The number of morpholine rings is 1. The number of rotatable bonds is 8. The maximum atomic E-state index is 12.0. The third kappa shape index (κ3) is 7.93. The van der Waals surface area contributed by atoms with Crippen molar-refractivity contribution in [3.05, 3.63) is 0 Å². The maximum Gasteiger partial charge on any atom is 0.243 e. The minimum atomic E-state index is -0.0106. The molecule has 8 nitrogen and oxygen atoms in total. The van der Waals surface area contributed by atoms with Gasteiger partial charge < -0.3 is 25.0 Å². The van der Waals surface area contributed by atoms with Gasteiger partial charge in [-0.1, -0.05) is 13.8 Å². The van der Waals surface area contributed by atoms with Crippen LogP contribution in [0.2, 0.25) is 0 Å². The highest BCUT2D eigenvalue weighted by Crippen LogP contribution is 2.13. The zero-order valence-electron chi connectivity index (χ0n) is 18.1. The quantitative estimate of drug-likeness (QED) is 0.460. The molecule has 0 aliphatic carbocycles. The topological polar surface area (TPSA) is 78.4 Å². The van der Waals surface area contributed by atoms with Crippen molar-refractivity contribution in [2.45, 2.75) is 45.3 Å². The van der Waals surface area contributed by atoms with E-state index in [1.54, 1.807) is 19.0 Å². The van der Waals surface area contributed by atoms with Crippen molar-refractivity contribution >= 4 is 11.9 Å². The van der Waals surface area contributed by atoms with Crippen LogP contribution in [0.5, 0.6) is 0 Å². The monoisotopic (exact) mass is 397 g/mol. The Morgan fingerprint density at radius 1 is 1.18 bits per heavy atom. The van der Waals surface area contributed by atoms with Crippen molar-refractivity contribution in [1.29, 1.82) is 0 Å². The molecular formula is C20H39N5O3. The minimum Gasteiger partial charge on any atom is -0.379 e. The Kier molecular flexibility index (Phi) is 10.0. The predicted molar refractivity (Wildman–Crippen MR) is 112 cm³/mol. The number of ether oxygens (including phenoxy) is 2. The zero-order chi connectivity index (χ0) is 20.4. The number of nitrogens with one attached hydrogen (secondary N) is 2. The minimum absolute atomic E-state index is 0.0106. The SMILES string of the molecule is CC(C)C(CNC(=NCC(=O)N(C)C)NCC1CCCCO1)N1CCOCC1. The summed E-state index contributed by atoms with van der Waals surface area (Å²) in [5, 5.41) is 6.84. The second-order valence-corrected chi connectivity index (χ2v) is 8.16. The number of hydrogen-bond donors (Lipinski definition) is 2. The Labute approximate surface area is 170 Å². The van der Waals surface area contributed by atoms with Gasteiger partial charge in [-0.25, -0.2) is 4.99 Å². The zero-order valence-corrected chi connectivity index (χ0v) is 18.1. The average Bonchev–Trinajstić information content (AvgIpc) is 2.70. The van der Waals surface area contributed by atoms with E-state index in [0.717, 1.165) is 52.3 Å². The van der Waals surface area contributed by atoms with E-state index in [1.807, 2.05) is 0 Å². The fraction of sp³-hybridized carbons (Fsp3) is 0.900. The van der Waals surface area contributed by atoms with Gasteiger partial charge in [0.05, 0.1) is 19.3 Å². The third-order valence-electron chi connectivity index (χ3n) is 5.41. The smallest absolute Gasteiger partial charge is 0.243 e. The molecule has 2 aliphatic rings. The van der Waals surface area contributed by atoms with E-state index in [-0.39, 0.29) is 18.6 Å². The first kappa shape index (κ1) is 22.9. The number of guanidine groups is 1. The van der Waals surface area contributed by atoms with Crippen LogP contribution in [0.3, 0.4) is 0 Å². The molecule has 162 valence electrons. The Bertz CT molecular complexity index is 486. The van der Waals surface area contributed by atoms with Crippen molar-refractivity contribution in [3.63, 3.8) is 0 Å². The average molecular weight is 398 g/mol. The lowest BCUT2D eigenvalue weighted by Crippen LogP contribution is -2.53. The summed E-state index contributed by atoms with van der Waals surface area (Å²) < 4.78 is 11.3. The highest BCUT2D eigenvalue weighted by atomic mass is 16.5. The molecule has 2 heterocycles. The molecule has 28 heavy (non-hydrogen) atoms. The van der Waals surface area contributed by atoms with E-state index >= 15 is 0 Å². The first-order chi connectivity index (χ1) is 13.5. The second-order valence-electron chi connectivity index (χ2n) is 8.16. The van der Waals surface area contributed by atoms with Gasteiger partial charge in [-0.05, 0) is 25.2 Å². The van der Waals surface area contributed by atoms with Crippen LogP contribution in [0.4, 0.5) is 0 Å². The largest absolute Gasteiger partial charge is 0.379 e. The molecule has 2 unspecified atom stereocenters. The molecule has 2 N–H and O–H groups in total. The third-order valence-corrected chi connectivity index (χ3v) is 5.41. The Balaban J connectivity index is 1.93. The first-order valence-corrected chi connectivity index (χ1v) is 10.6. The molecule has 2 rings (SSSR count). The van der Waals surface area contributed by atoms with Crippen LogP contribution in [-0.4, -0.2) is 100 Å². The lowest BCUT2D eigenvalue weighted by atomic mass is 10.0. The van der Waals surface area contributed by atoms with Crippen molar-refractivity contribution in [1.82, 2.24) is 20.4 Å². The molecule has 1 amide bonds. The fourth-order valence-corrected chi connectivity index (χ4v) is 3.54. The molecule has 2 fully saturated rings. The van der Waals surface area contributed by atoms with Gasteiger partial charge in [-0.3, -0.25) is 9.69 Å². The molecule has 0 aromatic carbocycles. The van der Waals surface area contributed by atoms with Crippen molar-refractivity contribution in [3.8, 4) is 0 Å². The van der Waals surface area contributed by atoms with Crippen LogP contribution < -0.4 is 10.6 Å². The molecule has 0 aromatic heterocycles. The Morgan fingerprint density at radius 2 is 1.93 bits per heavy atom. The summed E-state index contributed by atoms with van der Waals surface area (Å²) >= 11 is 0. The van der Waals surface area contributed by atoms with Gasteiger partial charge in [0.15, 0.2) is 5.96 Å². The summed E-state index contributed by atoms with van der Waals surface area (Å²) in [4.78, 5) is 20.5. The van der Waals surface area contributed by atoms with Gasteiger partial charge in [0.2, 0.25) is 5.91 Å². The number of nitrogens with zero attached hydrogens (tertiary/aromatic N) is 3. The Morgan fingerprint density at radius 3 is 2.54 bits per heavy atom. The summed E-state index contributed by atoms with van der Waals surface area (Å²) in [7, 11) is 3.50.